The third-order valence-corrected chi connectivity index (χ3v) is 4.21. The van der Waals surface area contributed by atoms with E-state index in [1.807, 2.05) is 6.92 Å². The van der Waals surface area contributed by atoms with Crippen molar-refractivity contribution in [1.29, 1.82) is 0 Å². The minimum atomic E-state index is -2.01. The van der Waals surface area contributed by atoms with E-state index in [4.69, 9.17) is 10.5 Å². The number of nitrogens with zero attached hydrogens (tertiary/aromatic N) is 1. The number of anilines is 2. The molecule has 0 saturated heterocycles. The topological polar surface area (TPSA) is 163 Å². The maximum absolute atomic E-state index is 12.2. The van der Waals surface area contributed by atoms with Crippen LogP contribution in [0.2, 0.25) is 0 Å². The summed E-state index contributed by atoms with van der Waals surface area (Å²) in [4.78, 5) is 39.8. The molecular weight excluding hydrogens is 428 g/mol. The minimum absolute atomic E-state index is 0.0784. The smallest absolute Gasteiger partial charge is 0.436 e. The highest BCUT2D eigenvalue weighted by Crippen LogP contribution is 2.13. The van der Waals surface area contributed by atoms with Crippen LogP contribution in [0.15, 0.2) is 53.5 Å². The lowest BCUT2D eigenvalue weighted by Gasteiger charge is -2.18. The number of aliphatic hydroxyl groups is 2. The predicted octanol–water partition coefficient (Wildman–Crippen LogP) is 1.93. The number of aliphatic hydroxyl groups excluding tert-OH is 2. The fourth-order valence-electron chi connectivity index (χ4n) is 2.53. The van der Waals surface area contributed by atoms with Gasteiger partial charge in [0.25, 0.3) is 11.8 Å². The fraction of sp³-hybridized carbons (Fsp3) is 0.304. The first-order valence-corrected chi connectivity index (χ1v) is 10.1. The van der Waals surface area contributed by atoms with Crippen molar-refractivity contribution in [3.05, 3.63) is 59.7 Å². The number of hydrogen-bond donors (Lipinski definition) is 5. The van der Waals surface area contributed by atoms with E-state index in [9.17, 15) is 24.6 Å². The van der Waals surface area contributed by atoms with E-state index in [0.29, 0.717) is 11.3 Å². The maximum Gasteiger partial charge on any atom is 0.436 e. The number of carbonyl (C=O) groups excluding carboxylic acids is 3. The number of hydrogen-bond acceptors (Lipinski definition) is 6. The van der Waals surface area contributed by atoms with Crippen LogP contribution < -0.4 is 16.4 Å². The van der Waals surface area contributed by atoms with Crippen LogP contribution in [0.4, 0.5) is 16.2 Å². The van der Waals surface area contributed by atoms with E-state index in [1.165, 1.54) is 24.3 Å². The molecule has 3 amide bonds. The van der Waals surface area contributed by atoms with E-state index in [-0.39, 0.29) is 11.5 Å². The van der Waals surface area contributed by atoms with Gasteiger partial charge in [0.1, 0.15) is 11.4 Å². The van der Waals surface area contributed by atoms with E-state index in [1.54, 1.807) is 45.0 Å². The molecule has 10 heteroatoms. The molecule has 2 aromatic rings. The van der Waals surface area contributed by atoms with Gasteiger partial charge in [-0.3, -0.25) is 9.59 Å². The fourth-order valence-corrected chi connectivity index (χ4v) is 2.53. The molecule has 2 atom stereocenters. The number of nitrogens with one attached hydrogen (secondary N) is 2. The Morgan fingerprint density at radius 2 is 1.30 bits per heavy atom. The molecule has 0 saturated carbocycles. The lowest BCUT2D eigenvalue weighted by atomic mass is 10.1. The Morgan fingerprint density at radius 1 is 0.879 bits per heavy atom. The van der Waals surface area contributed by atoms with Gasteiger partial charge in [-0.15, -0.1) is 0 Å². The van der Waals surface area contributed by atoms with E-state index in [2.05, 4.69) is 15.6 Å². The van der Waals surface area contributed by atoms with E-state index in [0.717, 1.165) is 5.56 Å². The van der Waals surface area contributed by atoms with Crippen molar-refractivity contribution in [2.75, 3.05) is 10.6 Å². The van der Waals surface area contributed by atoms with E-state index < -0.39 is 35.7 Å². The summed E-state index contributed by atoms with van der Waals surface area (Å²) in [6, 6.07) is 12.7. The average molecular weight is 456 g/mol. The zero-order valence-electron chi connectivity index (χ0n) is 18.8. The summed E-state index contributed by atoms with van der Waals surface area (Å²) in [5.41, 5.74) is 7.15. The summed E-state index contributed by atoms with van der Waals surface area (Å²) >= 11 is 0. The van der Waals surface area contributed by atoms with Crippen LogP contribution in [0.3, 0.4) is 0 Å². The van der Waals surface area contributed by atoms with Gasteiger partial charge in [-0.25, -0.2) is 4.79 Å². The maximum atomic E-state index is 12.2. The van der Waals surface area contributed by atoms with Crippen LogP contribution in [0.25, 0.3) is 0 Å². The number of aryl methyl sites for hydroxylation is 1. The third kappa shape index (κ3) is 8.02. The summed E-state index contributed by atoms with van der Waals surface area (Å²) in [6.07, 6.45) is -4.82. The van der Waals surface area contributed by atoms with Crippen molar-refractivity contribution in [1.82, 2.24) is 0 Å². The lowest BCUT2D eigenvalue weighted by molar-refractivity contribution is -0.139. The van der Waals surface area contributed by atoms with Gasteiger partial charge in [0.15, 0.2) is 12.2 Å². The highest BCUT2D eigenvalue weighted by molar-refractivity contribution is 6.04. The zero-order valence-corrected chi connectivity index (χ0v) is 18.8. The Kier molecular flexibility index (Phi) is 8.27. The molecule has 0 aromatic heterocycles. The van der Waals surface area contributed by atoms with Crippen molar-refractivity contribution in [2.24, 2.45) is 10.7 Å². The van der Waals surface area contributed by atoms with E-state index >= 15 is 0 Å². The number of amides is 3. The number of aliphatic imine (C=N–C) groups is 1. The third-order valence-electron chi connectivity index (χ3n) is 4.21. The van der Waals surface area contributed by atoms with Gasteiger partial charge in [-0.1, -0.05) is 17.7 Å². The molecule has 0 aliphatic rings. The number of benzene rings is 2. The highest BCUT2D eigenvalue weighted by Gasteiger charge is 2.30. The summed E-state index contributed by atoms with van der Waals surface area (Å²) in [5, 5.41) is 24.9. The Morgan fingerprint density at radius 3 is 1.73 bits per heavy atom. The van der Waals surface area contributed by atoms with Gasteiger partial charge in [0.2, 0.25) is 0 Å². The molecule has 0 fully saturated rings. The summed E-state index contributed by atoms with van der Waals surface area (Å²) < 4.78 is 5.07. The first-order chi connectivity index (χ1) is 15.4. The minimum Gasteiger partial charge on any atom is -0.442 e. The van der Waals surface area contributed by atoms with Gasteiger partial charge in [-0.2, -0.15) is 4.99 Å². The number of nitrogens with two attached hydrogens (primary N) is 1. The standard InChI is InChI=1S/C23H28N4O6/c1-13-5-9-15(10-6-13)25-20(30)17(28)18(29)21(31)26-16-11-7-14(8-12-16)19(24)27-22(32)33-23(2,3)4/h5-12,17-18,28-29H,1-4H3,(H,25,30)(H,26,31)(H2,24,27,32)/t17-,18-/m1/s1. The molecule has 0 radical (unpaired) electrons. The normalized spacial score (nSPS) is 13.6. The molecule has 0 aliphatic heterocycles. The average Bonchev–Trinajstić information content (AvgIpc) is 2.73. The van der Waals surface area contributed by atoms with Crippen molar-refractivity contribution in [2.45, 2.75) is 45.5 Å². The number of amidine groups is 1. The first kappa shape index (κ1) is 25.5. The largest absolute Gasteiger partial charge is 0.442 e. The first-order valence-electron chi connectivity index (χ1n) is 10.1. The molecule has 6 N–H and O–H groups in total. The van der Waals surface area contributed by atoms with Crippen molar-refractivity contribution < 1.29 is 29.3 Å². The Hall–Kier alpha value is -3.76. The zero-order chi connectivity index (χ0) is 24.8. The molecule has 176 valence electrons. The lowest BCUT2D eigenvalue weighted by Crippen LogP contribution is -2.45. The summed E-state index contributed by atoms with van der Waals surface area (Å²) in [6.45, 7) is 6.98. The molecule has 0 spiro atoms. The Bertz CT molecular complexity index is 1030. The van der Waals surface area contributed by atoms with Crippen molar-refractivity contribution in [3.8, 4) is 0 Å². The molecule has 2 aromatic carbocycles. The van der Waals surface area contributed by atoms with Crippen LogP contribution in [-0.2, 0) is 14.3 Å². The SMILES string of the molecule is Cc1ccc(NC(=O)[C@H](O)[C@@H](O)C(=O)Nc2ccc(/C(N)=N/C(=O)OC(C)(C)C)cc2)cc1. The molecule has 33 heavy (non-hydrogen) atoms. The van der Waals surface area contributed by atoms with Crippen LogP contribution in [0.1, 0.15) is 31.9 Å². The summed E-state index contributed by atoms with van der Waals surface area (Å²) in [5.74, 6) is -1.99. The molecule has 0 bridgehead atoms. The second kappa shape index (κ2) is 10.7. The second-order valence-electron chi connectivity index (χ2n) is 8.29. The molecular formula is C23H28N4O6. The number of ether oxygens (including phenoxy) is 1. The Balaban J connectivity index is 1.96. The van der Waals surface area contributed by atoms with Gasteiger partial charge in [0.05, 0.1) is 0 Å². The van der Waals surface area contributed by atoms with Gasteiger partial charge in [-0.05, 0) is 64.1 Å². The summed E-state index contributed by atoms with van der Waals surface area (Å²) in [7, 11) is 0. The van der Waals surface area contributed by atoms with Gasteiger partial charge >= 0.3 is 6.09 Å². The van der Waals surface area contributed by atoms with Crippen molar-refractivity contribution >= 4 is 35.1 Å². The van der Waals surface area contributed by atoms with Gasteiger partial charge < -0.3 is 31.3 Å². The molecule has 0 aliphatic carbocycles. The van der Waals surface area contributed by atoms with Crippen molar-refractivity contribution in [3.63, 3.8) is 0 Å². The second-order valence-corrected chi connectivity index (χ2v) is 8.29. The predicted molar refractivity (Wildman–Crippen MR) is 124 cm³/mol. The molecule has 2 rings (SSSR count). The molecule has 0 heterocycles. The number of rotatable bonds is 6. The van der Waals surface area contributed by atoms with Crippen LogP contribution >= 0.6 is 0 Å². The van der Waals surface area contributed by atoms with Gasteiger partial charge in [0, 0.05) is 16.9 Å². The van der Waals surface area contributed by atoms with Crippen LogP contribution in [0, 0.1) is 6.92 Å². The highest BCUT2D eigenvalue weighted by atomic mass is 16.6. The van der Waals surface area contributed by atoms with Crippen LogP contribution in [0.5, 0.6) is 0 Å². The molecule has 0 unspecified atom stereocenters. The Labute approximate surface area is 191 Å². The quantitative estimate of drug-likeness (QED) is 0.327. The molecule has 10 nitrogen and oxygen atoms in total. The monoisotopic (exact) mass is 456 g/mol. The van der Waals surface area contributed by atoms with Crippen LogP contribution in [-0.4, -0.2) is 51.8 Å². The number of carbonyl (C=O) groups is 3.